The SMILES string of the molecule is CCN(C(=O)OC(C)(C)C)[C@H](C(C)C)[C@H]1CCCNC1. The maximum Gasteiger partial charge on any atom is 0.410 e. The summed E-state index contributed by atoms with van der Waals surface area (Å²) < 4.78 is 5.58. The first-order chi connectivity index (χ1) is 9.26. The lowest BCUT2D eigenvalue weighted by Crippen LogP contribution is -2.52. The number of carbonyl (C=O) groups is 1. The second kappa shape index (κ2) is 7.30. The lowest BCUT2D eigenvalue weighted by Gasteiger charge is -2.41. The van der Waals surface area contributed by atoms with Gasteiger partial charge in [0.05, 0.1) is 0 Å². The van der Waals surface area contributed by atoms with Crippen molar-refractivity contribution in [2.24, 2.45) is 11.8 Å². The Kier molecular flexibility index (Phi) is 6.31. The number of hydrogen-bond acceptors (Lipinski definition) is 3. The monoisotopic (exact) mass is 284 g/mol. The molecule has 1 aliphatic rings. The average Bonchev–Trinajstić information content (AvgIpc) is 2.33. The van der Waals surface area contributed by atoms with Gasteiger partial charge in [-0.1, -0.05) is 13.8 Å². The normalized spacial score (nSPS) is 21.6. The minimum absolute atomic E-state index is 0.177. The summed E-state index contributed by atoms with van der Waals surface area (Å²) in [6, 6.07) is 0.252. The zero-order valence-corrected chi connectivity index (χ0v) is 14.0. The molecule has 1 aliphatic heterocycles. The highest BCUT2D eigenvalue weighted by atomic mass is 16.6. The molecule has 0 bridgehead atoms. The highest BCUT2D eigenvalue weighted by molar-refractivity contribution is 5.68. The number of hydrogen-bond donors (Lipinski definition) is 1. The van der Waals surface area contributed by atoms with E-state index in [1.165, 1.54) is 12.8 Å². The van der Waals surface area contributed by atoms with E-state index in [0.29, 0.717) is 18.4 Å². The van der Waals surface area contributed by atoms with E-state index in [9.17, 15) is 4.79 Å². The summed E-state index contributed by atoms with van der Waals surface area (Å²) in [6.07, 6.45) is 2.21. The summed E-state index contributed by atoms with van der Waals surface area (Å²) in [5.41, 5.74) is -0.434. The molecule has 1 fully saturated rings. The Balaban J connectivity index is 2.82. The van der Waals surface area contributed by atoms with Gasteiger partial charge < -0.3 is 15.0 Å². The fourth-order valence-corrected chi connectivity index (χ4v) is 3.11. The van der Waals surface area contributed by atoms with Crippen LogP contribution in [0.25, 0.3) is 0 Å². The lowest BCUT2D eigenvalue weighted by molar-refractivity contribution is 0.00179. The summed E-state index contributed by atoms with van der Waals surface area (Å²) in [6.45, 7) is 15.0. The fraction of sp³-hybridized carbons (Fsp3) is 0.938. The van der Waals surface area contributed by atoms with E-state index in [-0.39, 0.29) is 12.1 Å². The van der Waals surface area contributed by atoms with Crippen LogP contribution in [0.15, 0.2) is 0 Å². The Labute approximate surface area is 124 Å². The van der Waals surface area contributed by atoms with Crippen molar-refractivity contribution in [1.82, 2.24) is 10.2 Å². The number of carbonyl (C=O) groups excluding carboxylic acids is 1. The highest BCUT2D eigenvalue weighted by Crippen LogP contribution is 2.26. The Morgan fingerprint density at radius 2 is 2.05 bits per heavy atom. The summed E-state index contributed by atoms with van der Waals surface area (Å²) in [5, 5.41) is 3.46. The quantitative estimate of drug-likeness (QED) is 0.861. The van der Waals surface area contributed by atoms with Crippen LogP contribution in [0.2, 0.25) is 0 Å². The molecule has 0 radical (unpaired) electrons. The number of ether oxygens (including phenoxy) is 1. The predicted octanol–water partition coefficient (Wildman–Crippen LogP) is 3.27. The minimum Gasteiger partial charge on any atom is -0.444 e. The van der Waals surface area contributed by atoms with E-state index in [2.05, 4.69) is 19.2 Å². The summed E-state index contributed by atoms with van der Waals surface area (Å²) >= 11 is 0. The highest BCUT2D eigenvalue weighted by Gasteiger charge is 2.35. The van der Waals surface area contributed by atoms with Gasteiger partial charge in [0.1, 0.15) is 5.60 Å². The molecule has 0 aromatic rings. The van der Waals surface area contributed by atoms with Crippen LogP contribution in [0.3, 0.4) is 0 Å². The molecule has 0 spiro atoms. The van der Waals surface area contributed by atoms with Crippen molar-refractivity contribution in [2.75, 3.05) is 19.6 Å². The largest absolute Gasteiger partial charge is 0.444 e. The van der Waals surface area contributed by atoms with Crippen LogP contribution in [0, 0.1) is 11.8 Å². The van der Waals surface area contributed by atoms with Gasteiger partial charge in [-0.25, -0.2) is 4.79 Å². The van der Waals surface area contributed by atoms with Crippen molar-refractivity contribution in [3.8, 4) is 0 Å². The number of rotatable bonds is 4. The topological polar surface area (TPSA) is 41.6 Å². The first kappa shape index (κ1) is 17.3. The van der Waals surface area contributed by atoms with Gasteiger partial charge in [0.15, 0.2) is 0 Å². The third kappa shape index (κ3) is 4.97. The van der Waals surface area contributed by atoms with Gasteiger partial charge >= 0.3 is 6.09 Å². The number of nitrogens with one attached hydrogen (secondary N) is 1. The van der Waals surface area contributed by atoms with Gasteiger partial charge in [-0.15, -0.1) is 0 Å². The second-order valence-corrected chi connectivity index (χ2v) is 7.11. The van der Waals surface area contributed by atoms with Crippen LogP contribution in [-0.4, -0.2) is 42.3 Å². The van der Waals surface area contributed by atoms with Crippen LogP contribution in [0.1, 0.15) is 54.4 Å². The Morgan fingerprint density at radius 3 is 2.45 bits per heavy atom. The van der Waals surface area contributed by atoms with Gasteiger partial charge in [0.2, 0.25) is 0 Å². The number of nitrogens with zero attached hydrogens (tertiary/aromatic N) is 1. The van der Waals surface area contributed by atoms with Crippen molar-refractivity contribution in [1.29, 1.82) is 0 Å². The predicted molar refractivity (Wildman–Crippen MR) is 82.8 cm³/mol. The molecule has 0 aromatic carbocycles. The van der Waals surface area contributed by atoms with Gasteiger partial charge in [-0.2, -0.15) is 0 Å². The molecule has 118 valence electrons. The maximum atomic E-state index is 12.5. The fourth-order valence-electron chi connectivity index (χ4n) is 3.11. The molecule has 4 nitrogen and oxygen atoms in total. The molecular weight excluding hydrogens is 252 g/mol. The molecule has 20 heavy (non-hydrogen) atoms. The summed E-state index contributed by atoms with van der Waals surface area (Å²) in [4.78, 5) is 14.4. The number of piperidine rings is 1. The third-order valence-corrected chi connectivity index (χ3v) is 3.83. The first-order valence-corrected chi connectivity index (χ1v) is 7.96. The van der Waals surface area contributed by atoms with Crippen LogP contribution >= 0.6 is 0 Å². The molecule has 1 N–H and O–H groups in total. The van der Waals surface area contributed by atoms with Crippen molar-refractivity contribution >= 4 is 6.09 Å². The standard InChI is InChI=1S/C16H32N2O2/c1-7-18(15(19)20-16(4,5)6)14(12(2)3)13-9-8-10-17-11-13/h12-14,17H,7-11H2,1-6H3/t13-,14+/m0/s1. The zero-order chi connectivity index (χ0) is 15.3. The van der Waals surface area contributed by atoms with Crippen molar-refractivity contribution in [3.05, 3.63) is 0 Å². The van der Waals surface area contributed by atoms with Crippen molar-refractivity contribution in [3.63, 3.8) is 0 Å². The molecule has 0 unspecified atom stereocenters. The molecule has 0 aliphatic carbocycles. The van der Waals surface area contributed by atoms with E-state index < -0.39 is 5.60 Å². The van der Waals surface area contributed by atoms with E-state index in [4.69, 9.17) is 4.74 Å². The molecular formula is C16H32N2O2. The Hall–Kier alpha value is -0.770. The van der Waals surface area contributed by atoms with Crippen LogP contribution < -0.4 is 5.32 Å². The minimum atomic E-state index is -0.434. The molecule has 4 heteroatoms. The van der Waals surface area contributed by atoms with Gasteiger partial charge in [-0.3, -0.25) is 0 Å². The summed E-state index contributed by atoms with van der Waals surface area (Å²) in [7, 11) is 0. The number of amides is 1. The van der Waals surface area contributed by atoms with E-state index >= 15 is 0 Å². The third-order valence-electron chi connectivity index (χ3n) is 3.83. The molecule has 1 rings (SSSR count). The van der Waals surface area contributed by atoms with Crippen molar-refractivity contribution in [2.45, 2.75) is 66.0 Å². The molecule has 2 atom stereocenters. The lowest BCUT2D eigenvalue weighted by atomic mass is 9.84. The van der Waals surface area contributed by atoms with Gasteiger partial charge in [-0.05, 0) is 65.5 Å². The van der Waals surface area contributed by atoms with Crippen LogP contribution in [0.4, 0.5) is 4.79 Å². The zero-order valence-electron chi connectivity index (χ0n) is 14.0. The van der Waals surface area contributed by atoms with Crippen molar-refractivity contribution < 1.29 is 9.53 Å². The molecule has 1 amide bonds. The second-order valence-electron chi connectivity index (χ2n) is 7.11. The van der Waals surface area contributed by atoms with Crippen LogP contribution in [0.5, 0.6) is 0 Å². The molecule has 0 aromatic heterocycles. The maximum absolute atomic E-state index is 12.5. The molecule has 1 saturated heterocycles. The smallest absolute Gasteiger partial charge is 0.410 e. The molecule has 1 heterocycles. The summed E-state index contributed by atoms with van der Waals surface area (Å²) in [5.74, 6) is 0.962. The first-order valence-electron chi connectivity index (χ1n) is 7.96. The van der Waals surface area contributed by atoms with E-state index in [1.807, 2.05) is 32.6 Å². The van der Waals surface area contributed by atoms with Crippen LogP contribution in [-0.2, 0) is 4.74 Å². The van der Waals surface area contributed by atoms with Gasteiger partial charge in [0, 0.05) is 12.6 Å². The molecule has 0 saturated carbocycles. The average molecular weight is 284 g/mol. The Bertz CT molecular complexity index is 304. The van der Waals surface area contributed by atoms with E-state index in [1.54, 1.807) is 0 Å². The van der Waals surface area contributed by atoms with Gasteiger partial charge in [0.25, 0.3) is 0 Å². The van der Waals surface area contributed by atoms with E-state index in [0.717, 1.165) is 13.1 Å². The Morgan fingerprint density at radius 1 is 1.40 bits per heavy atom.